The van der Waals surface area contributed by atoms with Gasteiger partial charge < -0.3 is 24.8 Å². The molecule has 0 radical (unpaired) electrons. The number of aliphatic carboxylic acids is 1. The van der Waals surface area contributed by atoms with Crippen LogP contribution in [0, 0.1) is 6.92 Å². The molecule has 2 atom stereocenters. The zero-order chi connectivity index (χ0) is 26.8. The van der Waals surface area contributed by atoms with Gasteiger partial charge in [0.25, 0.3) is 0 Å². The van der Waals surface area contributed by atoms with Crippen LogP contribution in [0.3, 0.4) is 0 Å². The first-order valence-electron chi connectivity index (χ1n) is 12.4. The Morgan fingerprint density at radius 3 is 2.24 bits per heavy atom. The second-order valence-electron chi connectivity index (χ2n) is 9.34. The molecule has 2 N–H and O–H groups in total. The molecule has 37 heavy (non-hydrogen) atoms. The summed E-state index contributed by atoms with van der Waals surface area (Å²) in [5.74, 6) is -0.319. The Balaban J connectivity index is 1.59. The van der Waals surface area contributed by atoms with Crippen molar-refractivity contribution in [1.82, 2.24) is 4.90 Å². The maximum Gasteiger partial charge on any atom is 0.336 e. The summed E-state index contributed by atoms with van der Waals surface area (Å²) in [5.41, 5.74) is 2.51. The molecule has 0 spiro atoms. The largest absolute Gasteiger partial charge is 0.494 e. The highest BCUT2D eigenvalue weighted by atomic mass is 16.5. The van der Waals surface area contributed by atoms with E-state index in [1.165, 1.54) is 7.11 Å². The molecular weight excluding hydrogens is 468 g/mol. The number of urea groups is 1. The van der Waals surface area contributed by atoms with Gasteiger partial charge in [-0.25, -0.2) is 9.59 Å². The van der Waals surface area contributed by atoms with Crippen molar-refractivity contribution in [3.05, 3.63) is 95.6 Å². The zero-order valence-electron chi connectivity index (χ0n) is 21.9. The molecule has 0 saturated carbocycles. The number of carbonyl (C=O) groups excluding carboxylic acids is 1. The monoisotopic (exact) mass is 504 g/mol. The fourth-order valence-electron chi connectivity index (χ4n) is 3.97. The van der Waals surface area contributed by atoms with E-state index in [4.69, 9.17) is 9.47 Å². The van der Waals surface area contributed by atoms with Crippen LogP contribution in [0.1, 0.15) is 43.0 Å². The maximum absolute atomic E-state index is 13.2. The second kappa shape index (κ2) is 12.9. The summed E-state index contributed by atoms with van der Waals surface area (Å²) < 4.78 is 11.1. The smallest absolute Gasteiger partial charge is 0.336 e. The number of nitrogens with one attached hydrogen (secondary N) is 1. The number of nitrogens with zero attached hydrogens (tertiary/aromatic N) is 1. The molecule has 3 rings (SSSR count). The van der Waals surface area contributed by atoms with Gasteiger partial charge in [-0.3, -0.25) is 0 Å². The van der Waals surface area contributed by atoms with Crippen molar-refractivity contribution in [2.24, 2.45) is 0 Å². The lowest BCUT2D eigenvalue weighted by Crippen LogP contribution is -2.39. The number of rotatable bonds is 12. The van der Waals surface area contributed by atoms with Gasteiger partial charge in [0.05, 0.1) is 12.6 Å². The highest BCUT2D eigenvalue weighted by Gasteiger charge is 2.33. The summed E-state index contributed by atoms with van der Waals surface area (Å²) in [4.78, 5) is 26.5. The van der Waals surface area contributed by atoms with E-state index in [1.807, 2.05) is 97.6 Å². The van der Waals surface area contributed by atoms with E-state index in [2.05, 4.69) is 5.32 Å². The Bertz CT molecular complexity index is 1150. The lowest BCUT2D eigenvalue weighted by molar-refractivity contribution is -0.159. The SMILES string of the molecule is COC(C)(Cc1ccc(OCCCN(C(=O)Nc2ccc(C)cc2)C(C)c2ccccc2)cc1)C(=O)O. The quantitative estimate of drug-likeness (QED) is 0.291. The number of hydrogen-bond donors (Lipinski definition) is 2. The van der Waals surface area contributed by atoms with Crippen LogP contribution in [-0.2, 0) is 16.0 Å². The molecule has 0 heterocycles. The van der Waals surface area contributed by atoms with E-state index in [0.29, 0.717) is 25.3 Å². The number of benzene rings is 3. The first-order chi connectivity index (χ1) is 17.7. The number of methoxy groups -OCH3 is 1. The summed E-state index contributed by atoms with van der Waals surface area (Å²) in [6.45, 7) is 6.53. The van der Waals surface area contributed by atoms with E-state index in [-0.39, 0.29) is 18.5 Å². The molecule has 3 aromatic carbocycles. The van der Waals surface area contributed by atoms with Gasteiger partial charge in [-0.1, -0.05) is 60.2 Å². The van der Waals surface area contributed by atoms with Crippen molar-refractivity contribution in [2.45, 2.75) is 45.3 Å². The first-order valence-corrected chi connectivity index (χ1v) is 12.4. The van der Waals surface area contributed by atoms with Crippen molar-refractivity contribution in [3.63, 3.8) is 0 Å². The van der Waals surface area contributed by atoms with Crippen molar-refractivity contribution >= 4 is 17.7 Å². The Labute approximate surface area is 219 Å². The summed E-state index contributed by atoms with van der Waals surface area (Å²) in [6.07, 6.45) is 0.891. The minimum atomic E-state index is -1.28. The summed E-state index contributed by atoms with van der Waals surface area (Å²) in [6, 6.07) is 24.7. The third-order valence-corrected chi connectivity index (χ3v) is 6.49. The first kappa shape index (κ1) is 27.7. The minimum absolute atomic E-state index is 0.115. The third kappa shape index (κ3) is 7.82. The molecule has 0 bridgehead atoms. The van der Waals surface area contributed by atoms with Gasteiger partial charge in [-0.15, -0.1) is 0 Å². The zero-order valence-corrected chi connectivity index (χ0v) is 21.9. The maximum atomic E-state index is 13.2. The lowest BCUT2D eigenvalue weighted by Gasteiger charge is -2.30. The number of aryl methyl sites for hydroxylation is 1. The van der Waals surface area contributed by atoms with Gasteiger partial charge in [0.2, 0.25) is 0 Å². The summed E-state index contributed by atoms with van der Waals surface area (Å²) >= 11 is 0. The number of anilines is 1. The van der Waals surface area contributed by atoms with Gasteiger partial charge in [0.1, 0.15) is 5.75 Å². The van der Waals surface area contributed by atoms with Crippen LogP contribution in [0.4, 0.5) is 10.5 Å². The van der Waals surface area contributed by atoms with Crippen LogP contribution < -0.4 is 10.1 Å². The molecule has 0 aliphatic carbocycles. The number of carboxylic acid groups (broad SMARTS) is 1. The van der Waals surface area contributed by atoms with Gasteiger partial charge >= 0.3 is 12.0 Å². The molecule has 196 valence electrons. The minimum Gasteiger partial charge on any atom is -0.494 e. The van der Waals surface area contributed by atoms with Crippen molar-refractivity contribution in [3.8, 4) is 5.75 Å². The molecular formula is C30H36N2O5. The number of ether oxygens (including phenoxy) is 2. The van der Waals surface area contributed by atoms with Crippen LogP contribution in [0.5, 0.6) is 5.75 Å². The molecule has 0 aliphatic rings. The highest BCUT2D eigenvalue weighted by Crippen LogP contribution is 2.23. The van der Waals surface area contributed by atoms with Gasteiger partial charge in [0.15, 0.2) is 5.60 Å². The fourth-order valence-corrected chi connectivity index (χ4v) is 3.97. The van der Waals surface area contributed by atoms with Crippen molar-refractivity contribution < 1.29 is 24.2 Å². The Morgan fingerprint density at radius 2 is 1.65 bits per heavy atom. The topological polar surface area (TPSA) is 88.1 Å². The molecule has 0 aromatic heterocycles. The third-order valence-electron chi connectivity index (χ3n) is 6.49. The van der Waals surface area contributed by atoms with Gasteiger partial charge in [-0.05, 0) is 62.6 Å². The molecule has 0 saturated heterocycles. The van der Waals surface area contributed by atoms with Crippen LogP contribution >= 0.6 is 0 Å². The average molecular weight is 505 g/mol. The Morgan fingerprint density at radius 1 is 1.00 bits per heavy atom. The van der Waals surface area contributed by atoms with Crippen LogP contribution in [0.25, 0.3) is 0 Å². The van der Waals surface area contributed by atoms with Gasteiger partial charge in [-0.2, -0.15) is 0 Å². The molecule has 0 aliphatic heterocycles. The average Bonchev–Trinajstić information content (AvgIpc) is 2.90. The van der Waals surface area contributed by atoms with E-state index in [1.54, 1.807) is 6.92 Å². The highest BCUT2D eigenvalue weighted by molar-refractivity contribution is 5.89. The van der Waals surface area contributed by atoms with E-state index in [9.17, 15) is 14.7 Å². The summed E-state index contributed by atoms with van der Waals surface area (Å²) in [5, 5.41) is 12.4. The van der Waals surface area contributed by atoms with Crippen LogP contribution in [0.2, 0.25) is 0 Å². The lowest BCUT2D eigenvalue weighted by atomic mass is 9.96. The molecule has 2 unspecified atom stereocenters. The van der Waals surface area contributed by atoms with E-state index < -0.39 is 11.6 Å². The fraction of sp³-hybridized carbons (Fsp3) is 0.333. The van der Waals surface area contributed by atoms with Crippen molar-refractivity contribution in [1.29, 1.82) is 0 Å². The summed E-state index contributed by atoms with van der Waals surface area (Å²) in [7, 11) is 1.40. The Kier molecular flexibility index (Phi) is 9.69. The predicted molar refractivity (Wildman–Crippen MR) is 145 cm³/mol. The Hall–Kier alpha value is -3.84. The number of hydrogen-bond acceptors (Lipinski definition) is 4. The van der Waals surface area contributed by atoms with Gasteiger partial charge in [0, 0.05) is 25.8 Å². The van der Waals surface area contributed by atoms with Crippen LogP contribution in [0.15, 0.2) is 78.9 Å². The second-order valence-corrected chi connectivity index (χ2v) is 9.34. The standard InChI is InChI=1S/C30H36N2O5/c1-22-11-15-26(16-12-22)31-29(35)32(23(2)25-9-6-5-7-10-25)19-8-20-37-27-17-13-24(14-18-27)21-30(3,36-4)28(33)34/h5-7,9-18,23H,8,19-21H2,1-4H3,(H,31,35)(H,33,34). The predicted octanol–water partition coefficient (Wildman–Crippen LogP) is 6.09. The number of carboxylic acids is 1. The molecule has 7 nitrogen and oxygen atoms in total. The molecule has 2 amide bonds. The van der Waals surface area contributed by atoms with Crippen LogP contribution in [-0.4, -0.2) is 47.9 Å². The van der Waals surface area contributed by atoms with E-state index >= 15 is 0 Å². The van der Waals surface area contributed by atoms with Crippen molar-refractivity contribution in [2.75, 3.05) is 25.6 Å². The van der Waals surface area contributed by atoms with E-state index in [0.717, 1.165) is 22.4 Å². The molecule has 3 aromatic rings. The molecule has 7 heteroatoms. The number of carbonyl (C=O) groups is 2. The normalized spacial score (nSPS) is 13.3. The number of amides is 2. The molecule has 0 fully saturated rings.